The second-order valence-corrected chi connectivity index (χ2v) is 3.65. The fraction of sp³-hybridized carbons (Fsp3) is 0.750. The Hall–Kier alpha value is -1.06. The van der Waals surface area contributed by atoms with Gasteiger partial charge in [-0.15, -0.1) is 0 Å². The van der Waals surface area contributed by atoms with E-state index in [4.69, 9.17) is 5.11 Å². The highest BCUT2D eigenvalue weighted by molar-refractivity contribution is 5.82. The molecule has 1 N–H and O–H groups in total. The van der Waals surface area contributed by atoms with Gasteiger partial charge in [-0.3, -0.25) is 4.79 Å². The Morgan fingerprint density at radius 1 is 1.33 bits per heavy atom. The third kappa shape index (κ3) is 0.906. The number of hydrogen-bond donors (Lipinski definition) is 1. The summed E-state index contributed by atoms with van der Waals surface area (Å²) < 4.78 is 0. The Morgan fingerprint density at radius 3 is 2.17 bits per heavy atom. The highest BCUT2D eigenvalue weighted by Gasteiger charge is 2.58. The molecule has 0 spiro atoms. The van der Waals surface area contributed by atoms with Gasteiger partial charge in [0.15, 0.2) is 0 Å². The molecule has 66 valence electrons. The van der Waals surface area contributed by atoms with Crippen molar-refractivity contribution in [1.82, 2.24) is 4.90 Å². The number of carbonyl (C=O) groups is 2. The molecule has 0 aromatic heterocycles. The molecule has 1 aliphatic carbocycles. The molecule has 0 aromatic rings. The molecule has 4 nitrogen and oxygen atoms in total. The van der Waals surface area contributed by atoms with Crippen LogP contribution < -0.4 is 0 Å². The predicted octanol–water partition coefficient (Wildman–Crippen LogP) is 0.431. The fourth-order valence-corrected chi connectivity index (χ4v) is 2.29. The first-order chi connectivity index (χ1) is 5.61. The van der Waals surface area contributed by atoms with Crippen molar-refractivity contribution < 1.29 is 14.7 Å². The molecule has 1 amide bonds. The van der Waals surface area contributed by atoms with Gasteiger partial charge < -0.3 is 10.0 Å². The van der Waals surface area contributed by atoms with E-state index in [-0.39, 0.29) is 11.7 Å². The first-order valence-electron chi connectivity index (χ1n) is 4.09. The van der Waals surface area contributed by atoms with Crippen LogP contribution in [0, 0.1) is 17.8 Å². The summed E-state index contributed by atoms with van der Waals surface area (Å²) in [6.07, 6.45) is -0.857. The number of hydrogen-bond acceptors (Lipinski definition) is 2. The number of nitrogens with zero attached hydrogens (tertiary/aromatic N) is 1. The Labute approximate surface area is 70.2 Å². The molecule has 1 saturated carbocycles. The van der Waals surface area contributed by atoms with Gasteiger partial charge in [0.1, 0.15) is 5.78 Å². The van der Waals surface area contributed by atoms with Crippen LogP contribution >= 0.6 is 0 Å². The van der Waals surface area contributed by atoms with Gasteiger partial charge >= 0.3 is 6.09 Å². The van der Waals surface area contributed by atoms with Crippen LogP contribution in [0.25, 0.3) is 0 Å². The number of rotatable bonds is 1. The van der Waals surface area contributed by atoms with Crippen LogP contribution in [0.2, 0.25) is 0 Å². The van der Waals surface area contributed by atoms with Gasteiger partial charge in [-0.2, -0.15) is 0 Å². The maximum absolute atomic E-state index is 10.9. The lowest BCUT2D eigenvalue weighted by Crippen LogP contribution is -2.30. The summed E-state index contributed by atoms with van der Waals surface area (Å²) in [7, 11) is 0. The summed E-state index contributed by atoms with van der Waals surface area (Å²) in [6, 6.07) is 0. The van der Waals surface area contributed by atoms with Gasteiger partial charge in [0.05, 0.1) is 0 Å². The number of fused-ring (bicyclic) bond motifs is 1. The van der Waals surface area contributed by atoms with Crippen molar-refractivity contribution >= 4 is 11.9 Å². The summed E-state index contributed by atoms with van der Waals surface area (Å²) >= 11 is 0. The van der Waals surface area contributed by atoms with Crippen LogP contribution in [0.5, 0.6) is 0 Å². The SMILES string of the molecule is CC(=O)[C@@H]1C2CN(C(=O)O)C[C@@H]21. The Balaban J connectivity index is 1.94. The maximum atomic E-state index is 10.9. The second kappa shape index (κ2) is 2.21. The average molecular weight is 169 g/mol. The van der Waals surface area contributed by atoms with Gasteiger partial charge in [-0.05, 0) is 18.8 Å². The van der Waals surface area contributed by atoms with Crippen molar-refractivity contribution in [2.75, 3.05) is 13.1 Å². The van der Waals surface area contributed by atoms with Crippen LogP contribution in [0.1, 0.15) is 6.92 Å². The number of Topliss-reactive ketones (excluding diaryl/α,β-unsaturated/α-hetero) is 1. The minimum atomic E-state index is -0.857. The molecule has 3 atom stereocenters. The molecule has 0 radical (unpaired) electrons. The van der Waals surface area contributed by atoms with Crippen LogP contribution in [0.4, 0.5) is 4.79 Å². The standard InChI is InChI=1S/C8H11NO3/c1-4(10)7-5-2-9(8(11)12)3-6(5)7/h5-7H,2-3H2,1H3,(H,11,12)/t5-,6?,7-/m0/s1. The molecule has 2 fully saturated rings. The minimum Gasteiger partial charge on any atom is -0.465 e. The van der Waals surface area contributed by atoms with Crippen molar-refractivity contribution in [3.63, 3.8) is 0 Å². The maximum Gasteiger partial charge on any atom is 0.407 e. The Morgan fingerprint density at radius 2 is 1.83 bits per heavy atom. The summed E-state index contributed by atoms with van der Waals surface area (Å²) in [5.41, 5.74) is 0. The van der Waals surface area contributed by atoms with Crippen molar-refractivity contribution in [1.29, 1.82) is 0 Å². The smallest absolute Gasteiger partial charge is 0.407 e. The van der Waals surface area contributed by atoms with E-state index in [1.165, 1.54) is 4.90 Å². The molecule has 2 aliphatic rings. The number of ketones is 1. The van der Waals surface area contributed by atoms with Gasteiger partial charge in [-0.25, -0.2) is 4.79 Å². The van der Waals surface area contributed by atoms with Crippen molar-refractivity contribution in [3.05, 3.63) is 0 Å². The van der Waals surface area contributed by atoms with Gasteiger partial charge in [-0.1, -0.05) is 0 Å². The third-order valence-electron chi connectivity index (χ3n) is 2.93. The number of likely N-dealkylation sites (tertiary alicyclic amines) is 1. The molecule has 4 heteroatoms. The van der Waals surface area contributed by atoms with Crippen LogP contribution in [-0.2, 0) is 4.79 Å². The number of amides is 1. The van der Waals surface area contributed by atoms with E-state index in [1.54, 1.807) is 6.92 Å². The summed E-state index contributed by atoms with van der Waals surface area (Å²) in [4.78, 5) is 22.8. The van der Waals surface area contributed by atoms with Gasteiger partial charge in [0, 0.05) is 19.0 Å². The molecule has 12 heavy (non-hydrogen) atoms. The summed E-state index contributed by atoms with van der Waals surface area (Å²) in [5.74, 6) is 1.05. The minimum absolute atomic E-state index is 0.167. The highest BCUT2D eigenvalue weighted by Crippen LogP contribution is 2.51. The lowest BCUT2D eigenvalue weighted by atomic mass is 10.2. The van der Waals surface area contributed by atoms with Crippen molar-refractivity contribution in [2.45, 2.75) is 6.92 Å². The first kappa shape index (κ1) is 7.58. The van der Waals surface area contributed by atoms with Crippen LogP contribution in [-0.4, -0.2) is 35.0 Å². The third-order valence-corrected chi connectivity index (χ3v) is 2.93. The van der Waals surface area contributed by atoms with Crippen molar-refractivity contribution in [3.8, 4) is 0 Å². The zero-order chi connectivity index (χ0) is 8.88. The van der Waals surface area contributed by atoms with E-state index < -0.39 is 6.09 Å². The lowest BCUT2D eigenvalue weighted by Gasteiger charge is -2.14. The topological polar surface area (TPSA) is 57.6 Å². The van der Waals surface area contributed by atoms with Crippen molar-refractivity contribution in [2.24, 2.45) is 17.8 Å². The molecule has 2 rings (SSSR count). The molecule has 1 saturated heterocycles. The van der Waals surface area contributed by atoms with Gasteiger partial charge in [0.25, 0.3) is 0 Å². The number of carbonyl (C=O) groups excluding carboxylic acids is 1. The van der Waals surface area contributed by atoms with E-state index in [1.807, 2.05) is 0 Å². The van der Waals surface area contributed by atoms with Gasteiger partial charge in [0.2, 0.25) is 0 Å². The van der Waals surface area contributed by atoms with E-state index in [2.05, 4.69) is 0 Å². The molecule has 1 aliphatic heterocycles. The number of carboxylic acid groups (broad SMARTS) is 1. The fourth-order valence-electron chi connectivity index (χ4n) is 2.29. The monoisotopic (exact) mass is 169 g/mol. The average Bonchev–Trinajstić information content (AvgIpc) is 2.48. The molecule has 1 heterocycles. The van der Waals surface area contributed by atoms with E-state index in [9.17, 15) is 9.59 Å². The Kier molecular flexibility index (Phi) is 1.40. The molecule has 1 unspecified atom stereocenters. The number of piperidine rings is 1. The molecular formula is C8H11NO3. The van der Waals surface area contributed by atoms with Crippen LogP contribution in [0.15, 0.2) is 0 Å². The van der Waals surface area contributed by atoms with E-state index >= 15 is 0 Å². The Bertz CT molecular complexity index is 227. The largest absolute Gasteiger partial charge is 0.465 e. The second-order valence-electron chi connectivity index (χ2n) is 3.65. The molecular weight excluding hydrogens is 158 g/mol. The quantitative estimate of drug-likeness (QED) is 0.619. The van der Waals surface area contributed by atoms with E-state index in [0.717, 1.165) is 0 Å². The van der Waals surface area contributed by atoms with Crippen LogP contribution in [0.3, 0.4) is 0 Å². The first-order valence-corrected chi connectivity index (χ1v) is 4.09. The normalized spacial score (nSPS) is 37.8. The van der Waals surface area contributed by atoms with E-state index in [0.29, 0.717) is 24.9 Å². The highest BCUT2D eigenvalue weighted by atomic mass is 16.4. The molecule has 0 bridgehead atoms. The summed E-state index contributed by atoms with van der Waals surface area (Å²) in [5, 5.41) is 8.62. The zero-order valence-corrected chi connectivity index (χ0v) is 6.86. The predicted molar refractivity (Wildman–Crippen MR) is 40.7 cm³/mol. The lowest BCUT2D eigenvalue weighted by molar-refractivity contribution is -0.119. The molecule has 0 aromatic carbocycles. The summed E-state index contributed by atoms with van der Waals surface area (Å²) in [6.45, 7) is 2.71. The zero-order valence-electron chi connectivity index (χ0n) is 6.86.